The summed E-state index contributed by atoms with van der Waals surface area (Å²) in [7, 11) is 0. The summed E-state index contributed by atoms with van der Waals surface area (Å²) >= 11 is 11.7. The third-order valence-corrected chi connectivity index (χ3v) is 2.95. The maximum atomic E-state index is 12.1. The van der Waals surface area contributed by atoms with E-state index in [9.17, 15) is 9.59 Å². The van der Waals surface area contributed by atoms with Crippen LogP contribution >= 0.6 is 23.2 Å². The number of hydrogen-bond acceptors (Lipinski definition) is 5. The Labute approximate surface area is 138 Å². The molecule has 22 heavy (non-hydrogen) atoms. The van der Waals surface area contributed by atoms with Gasteiger partial charge in [0.15, 0.2) is 6.61 Å². The molecule has 1 aromatic carbocycles. The number of hydrogen-bond donors (Lipinski definition) is 0. The summed E-state index contributed by atoms with van der Waals surface area (Å²) in [5.41, 5.74) is -0.214. The van der Waals surface area contributed by atoms with Gasteiger partial charge in [0.2, 0.25) is 5.78 Å². The van der Waals surface area contributed by atoms with Crippen LogP contribution in [0.2, 0.25) is 10.0 Å². The van der Waals surface area contributed by atoms with Crippen LogP contribution in [0.15, 0.2) is 30.0 Å². The maximum absolute atomic E-state index is 12.1. The van der Waals surface area contributed by atoms with Crippen LogP contribution in [0, 0.1) is 0 Å². The van der Waals surface area contributed by atoms with E-state index in [0.29, 0.717) is 17.4 Å². The van der Waals surface area contributed by atoms with Crippen molar-refractivity contribution >= 4 is 35.0 Å². The smallest absolute Gasteiger partial charge is 0.345 e. The molecule has 0 fully saturated rings. The molecule has 1 rings (SSSR count). The molecule has 0 aliphatic carbocycles. The normalized spacial score (nSPS) is 11.0. The summed E-state index contributed by atoms with van der Waals surface area (Å²) in [5.74, 6) is -1.04. The molecule has 0 radical (unpaired) electrons. The van der Waals surface area contributed by atoms with Crippen molar-refractivity contribution in [2.24, 2.45) is 0 Å². The van der Waals surface area contributed by atoms with Gasteiger partial charge in [0, 0.05) is 5.02 Å². The highest BCUT2D eigenvalue weighted by Gasteiger charge is 2.21. The fourth-order valence-electron chi connectivity index (χ4n) is 1.42. The van der Waals surface area contributed by atoms with E-state index >= 15 is 0 Å². The van der Waals surface area contributed by atoms with Gasteiger partial charge >= 0.3 is 5.97 Å². The van der Waals surface area contributed by atoms with Gasteiger partial charge in [-0.1, -0.05) is 23.2 Å². The molecule has 0 bridgehead atoms. The number of esters is 1. The van der Waals surface area contributed by atoms with E-state index in [1.165, 1.54) is 12.1 Å². The van der Waals surface area contributed by atoms with E-state index in [1.54, 1.807) is 19.9 Å². The molecule has 0 aliphatic heterocycles. The topological polar surface area (TPSA) is 61.8 Å². The first-order chi connectivity index (χ1) is 10.5. The number of carbonyl (C=O) groups is 2. The monoisotopic (exact) mass is 346 g/mol. The van der Waals surface area contributed by atoms with E-state index < -0.39 is 11.8 Å². The van der Waals surface area contributed by atoms with Crippen LogP contribution in [0.5, 0.6) is 5.75 Å². The van der Waals surface area contributed by atoms with Crippen LogP contribution in [0.3, 0.4) is 0 Å². The van der Waals surface area contributed by atoms with E-state index in [2.05, 4.69) is 0 Å². The first-order valence-electron chi connectivity index (χ1n) is 6.59. The van der Waals surface area contributed by atoms with Crippen molar-refractivity contribution in [3.05, 3.63) is 40.1 Å². The zero-order valence-corrected chi connectivity index (χ0v) is 13.7. The van der Waals surface area contributed by atoms with Gasteiger partial charge in [-0.05, 0) is 32.0 Å². The Bertz CT molecular complexity index is 569. The largest absolute Gasteiger partial charge is 0.500 e. The molecular formula is C15H16Cl2O5. The fourth-order valence-corrected chi connectivity index (χ4v) is 1.88. The molecule has 0 aromatic heterocycles. The lowest BCUT2D eigenvalue weighted by molar-refractivity contribution is -0.140. The summed E-state index contributed by atoms with van der Waals surface area (Å²) in [6, 6.07) is 4.61. The van der Waals surface area contributed by atoms with Crippen molar-refractivity contribution < 1.29 is 23.8 Å². The molecule has 0 spiro atoms. The van der Waals surface area contributed by atoms with Gasteiger partial charge in [0.05, 0.1) is 18.2 Å². The lowest BCUT2D eigenvalue weighted by atomic mass is 10.2. The highest BCUT2D eigenvalue weighted by molar-refractivity contribution is 6.35. The van der Waals surface area contributed by atoms with Crippen LogP contribution in [-0.4, -0.2) is 31.6 Å². The number of ketones is 1. The van der Waals surface area contributed by atoms with E-state index in [4.69, 9.17) is 37.4 Å². The van der Waals surface area contributed by atoms with Gasteiger partial charge in [-0.3, -0.25) is 4.79 Å². The Kier molecular flexibility index (Phi) is 7.77. The molecule has 1 aromatic rings. The van der Waals surface area contributed by atoms with Gasteiger partial charge in [-0.15, -0.1) is 0 Å². The molecule has 7 heteroatoms. The minimum atomic E-state index is -0.758. The molecule has 0 unspecified atom stereocenters. The molecule has 0 saturated heterocycles. The molecule has 0 saturated carbocycles. The molecule has 120 valence electrons. The average Bonchev–Trinajstić information content (AvgIpc) is 2.47. The Morgan fingerprint density at radius 2 is 1.91 bits per heavy atom. The first kappa shape index (κ1) is 18.3. The number of benzene rings is 1. The molecule has 0 N–H and O–H groups in total. The Morgan fingerprint density at radius 1 is 1.18 bits per heavy atom. The summed E-state index contributed by atoms with van der Waals surface area (Å²) < 4.78 is 15.1. The van der Waals surface area contributed by atoms with Gasteiger partial charge in [0.1, 0.15) is 17.6 Å². The van der Waals surface area contributed by atoms with Crippen molar-refractivity contribution in [3.8, 4) is 5.75 Å². The minimum absolute atomic E-state index is 0.152. The van der Waals surface area contributed by atoms with Gasteiger partial charge in [-0.2, -0.15) is 0 Å². The quantitative estimate of drug-likeness (QED) is 0.237. The first-order valence-corrected chi connectivity index (χ1v) is 7.35. The van der Waals surface area contributed by atoms with Gasteiger partial charge < -0.3 is 14.2 Å². The number of Topliss-reactive ketones (excluding diaryl/α,β-unsaturated/α-hetero) is 1. The Hall–Kier alpha value is -1.72. The highest BCUT2D eigenvalue weighted by atomic mass is 35.5. The fraction of sp³-hybridized carbons (Fsp3) is 0.333. The third-order valence-electron chi connectivity index (χ3n) is 2.42. The molecular weight excluding hydrogens is 331 g/mol. The average molecular weight is 347 g/mol. The van der Waals surface area contributed by atoms with Crippen LogP contribution < -0.4 is 4.74 Å². The predicted octanol–water partition coefficient (Wildman–Crippen LogP) is 3.42. The van der Waals surface area contributed by atoms with Crippen molar-refractivity contribution in [1.82, 2.24) is 0 Å². The van der Waals surface area contributed by atoms with Crippen LogP contribution in [0.25, 0.3) is 0 Å². The maximum Gasteiger partial charge on any atom is 0.345 e. The Morgan fingerprint density at radius 3 is 2.50 bits per heavy atom. The molecule has 0 atom stereocenters. The molecule has 0 heterocycles. The second-order valence-corrected chi connectivity index (χ2v) is 4.84. The lowest BCUT2D eigenvalue weighted by Gasteiger charge is -2.09. The van der Waals surface area contributed by atoms with Crippen molar-refractivity contribution in [3.63, 3.8) is 0 Å². The minimum Gasteiger partial charge on any atom is -0.500 e. The van der Waals surface area contributed by atoms with Crippen molar-refractivity contribution in [2.45, 2.75) is 13.8 Å². The summed E-state index contributed by atoms with van der Waals surface area (Å²) in [4.78, 5) is 23.8. The molecule has 0 amide bonds. The van der Waals surface area contributed by atoms with E-state index in [-0.39, 0.29) is 23.8 Å². The number of ether oxygens (including phenoxy) is 3. The van der Waals surface area contributed by atoms with Crippen LogP contribution in [-0.2, 0) is 19.1 Å². The van der Waals surface area contributed by atoms with Crippen molar-refractivity contribution in [1.29, 1.82) is 0 Å². The van der Waals surface area contributed by atoms with E-state index in [0.717, 1.165) is 6.26 Å². The standard InChI is InChI=1S/C15H16Cl2O5/c1-3-20-8-11(15(19)21-4-2)13(18)9-22-14-6-5-10(16)7-12(14)17/h5-8H,3-4,9H2,1-2H3/b11-8+. The van der Waals surface area contributed by atoms with Crippen molar-refractivity contribution in [2.75, 3.05) is 19.8 Å². The predicted molar refractivity (Wildman–Crippen MR) is 83.3 cm³/mol. The van der Waals surface area contributed by atoms with Crippen LogP contribution in [0.1, 0.15) is 13.8 Å². The zero-order valence-electron chi connectivity index (χ0n) is 12.2. The van der Waals surface area contributed by atoms with E-state index in [1.807, 2.05) is 0 Å². The van der Waals surface area contributed by atoms with Gasteiger partial charge in [-0.25, -0.2) is 4.79 Å². The zero-order chi connectivity index (χ0) is 16.5. The van der Waals surface area contributed by atoms with Gasteiger partial charge in [0.25, 0.3) is 0 Å². The molecule has 0 aliphatic rings. The number of halogens is 2. The lowest BCUT2D eigenvalue weighted by Crippen LogP contribution is -2.22. The second-order valence-electron chi connectivity index (χ2n) is 3.99. The highest BCUT2D eigenvalue weighted by Crippen LogP contribution is 2.27. The third kappa shape index (κ3) is 5.58. The number of carbonyl (C=O) groups excluding carboxylic acids is 2. The Balaban J connectivity index is 2.76. The second kappa shape index (κ2) is 9.33. The summed E-state index contributed by atoms with van der Waals surface area (Å²) in [6.45, 7) is 3.47. The molecule has 5 nitrogen and oxygen atoms in total. The summed E-state index contributed by atoms with van der Waals surface area (Å²) in [6.07, 6.45) is 1.08. The number of rotatable bonds is 8. The summed E-state index contributed by atoms with van der Waals surface area (Å²) in [5, 5.41) is 0.721. The van der Waals surface area contributed by atoms with Crippen LogP contribution in [0.4, 0.5) is 0 Å². The SMILES string of the molecule is CCO/C=C(\C(=O)COc1ccc(Cl)cc1Cl)C(=O)OCC.